The zero-order valence-corrected chi connectivity index (χ0v) is 18.0. The third-order valence-corrected chi connectivity index (χ3v) is 5.70. The van der Waals surface area contributed by atoms with Crippen molar-refractivity contribution in [2.45, 2.75) is 66.0 Å². The summed E-state index contributed by atoms with van der Waals surface area (Å²) >= 11 is 0. The number of fused-ring (bicyclic) bond motifs is 1. The molecule has 2 heterocycles. The van der Waals surface area contributed by atoms with Gasteiger partial charge in [-0.2, -0.15) is 0 Å². The number of benzene rings is 1. The molecule has 0 N–H and O–H groups in total. The lowest BCUT2D eigenvalue weighted by Gasteiger charge is -2.35. The summed E-state index contributed by atoms with van der Waals surface area (Å²) in [6, 6.07) is 8.75. The van der Waals surface area contributed by atoms with Crippen molar-refractivity contribution < 1.29 is 4.79 Å². The first-order valence-corrected chi connectivity index (χ1v) is 11.0. The van der Waals surface area contributed by atoms with E-state index in [1.165, 1.54) is 5.52 Å². The van der Waals surface area contributed by atoms with Gasteiger partial charge in [0.1, 0.15) is 5.82 Å². The average molecular weight is 385 g/mol. The van der Waals surface area contributed by atoms with Gasteiger partial charge in [-0.3, -0.25) is 9.69 Å². The number of rotatable bonds is 8. The van der Waals surface area contributed by atoms with Crippen molar-refractivity contribution in [2.75, 3.05) is 26.2 Å². The average Bonchev–Trinajstić information content (AvgIpc) is 3.05. The number of hydrogen-bond acceptors (Lipinski definition) is 3. The molecule has 0 saturated carbocycles. The molecule has 1 amide bonds. The number of carbonyl (C=O) groups excluding carboxylic acids is 1. The molecule has 1 aromatic heterocycles. The smallest absolute Gasteiger partial charge is 0.226 e. The van der Waals surface area contributed by atoms with Crippen molar-refractivity contribution in [3.05, 3.63) is 30.1 Å². The predicted molar refractivity (Wildman–Crippen MR) is 115 cm³/mol. The Morgan fingerprint density at radius 2 is 1.93 bits per heavy atom. The Labute approximate surface area is 169 Å². The van der Waals surface area contributed by atoms with Crippen molar-refractivity contribution in [1.82, 2.24) is 19.4 Å². The topological polar surface area (TPSA) is 41.4 Å². The highest BCUT2D eigenvalue weighted by atomic mass is 16.2. The zero-order valence-electron chi connectivity index (χ0n) is 18.0. The van der Waals surface area contributed by atoms with E-state index in [-0.39, 0.29) is 5.92 Å². The van der Waals surface area contributed by atoms with Gasteiger partial charge in [0, 0.05) is 25.7 Å². The Morgan fingerprint density at radius 1 is 1.21 bits per heavy atom. The van der Waals surface area contributed by atoms with Crippen LogP contribution in [0, 0.1) is 5.92 Å². The number of imidazole rings is 1. The molecule has 3 rings (SSSR count). The quantitative estimate of drug-likeness (QED) is 0.674. The van der Waals surface area contributed by atoms with Crippen molar-refractivity contribution in [1.29, 1.82) is 0 Å². The highest BCUT2D eigenvalue weighted by Gasteiger charge is 2.29. The Balaban J connectivity index is 1.74. The number of likely N-dealkylation sites (tertiary alicyclic amines) is 1. The first-order chi connectivity index (χ1) is 13.5. The van der Waals surface area contributed by atoms with Gasteiger partial charge in [-0.05, 0) is 58.2 Å². The van der Waals surface area contributed by atoms with Crippen molar-refractivity contribution in [3.8, 4) is 0 Å². The number of nitrogens with zero attached hydrogens (tertiary/aromatic N) is 4. The number of amides is 1. The second-order valence-electron chi connectivity index (χ2n) is 8.38. The second kappa shape index (κ2) is 9.55. The lowest BCUT2D eigenvalue weighted by molar-refractivity contribution is -0.137. The molecule has 1 atom stereocenters. The number of piperidine rings is 1. The normalized spacial score (nSPS) is 18.1. The molecule has 0 spiro atoms. The molecule has 1 saturated heterocycles. The Hall–Kier alpha value is -1.88. The summed E-state index contributed by atoms with van der Waals surface area (Å²) in [4.78, 5) is 22.5. The number of carbonyl (C=O) groups is 1. The SMILES string of the molecule is CCCN(CCC)C(=O)[C@H]1CCCN(Cc2nc3ccccc3n2C(C)C)C1. The van der Waals surface area contributed by atoms with Gasteiger partial charge < -0.3 is 9.47 Å². The highest BCUT2D eigenvalue weighted by molar-refractivity contribution is 5.79. The van der Waals surface area contributed by atoms with Gasteiger partial charge in [-0.1, -0.05) is 26.0 Å². The molecule has 1 fully saturated rings. The van der Waals surface area contributed by atoms with Crippen LogP contribution in [0.4, 0.5) is 0 Å². The molecule has 0 bridgehead atoms. The van der Waals surface area contributed by atoms with Gasteiger partial charge in [-0.25, -0.2) is 4.98 Å². The van der Waals surface area contributed by atoms with Crippen LogP contribution in [0.25, 0.3) is 11.0 Å². The van der Waals surface area contributed by atoms with E-state index < -0.39 is 0 Å². The molecule has 0 unspecified atom stereocenters. The van der Waals surface area contributed by atoms with Crippen LogP contribution in [-0.4, -0.2) is 51.4 Å². The minimum atomic E-state index is 0.128. The van der Waals surface area contributed by atoms with Gasteiger partial charge in [0.05, 0.1) is 23.5 Å². The van der Waals surface area contributed by atoms with E-state index in [0.29, 0.717) is 11.9 Å². The van der Waals surface area contributed by atoms with Crippen LogP contribution in [0.15, 0.2) is 24.3 Å². The summed E-state index contributed by atoms with van der Waals surface area (Å²) in [7, 11) is 0. The van der Waals surface area contributed by atoms with Crippen LogP contribution in [0.3, 0.4) is 0 Å². The fourth-order valence-electron chi connectivity index (χ4n) is 4.51. The predicted octanol–water partition coefficient (Wildman–Crippen LogP) is 4.48. The van der Waals surface area contributed by atoms with Crippen LogP contribution < -0.4 is 0 Å². The van der Waals surface area contributed by atoms with Crippen molar-refractivity contribution in [2.24, 2.45) is 5.92 Å². The van der Waals surface area contributed by atoms with E-state index in [0.717, 1.165) is 69.7 Å². The van der Waals surface area contributed by atoms with Crippen molar-refractivity contribution in [3.63, 3.8) is 0 Å². The Morgan fingerprint density at radius 3 is 2.61 bits per heavy atom. The molecule has 5 nitrogen and oxygen atoms in total. The lowest BCUT2D eigenvalue weighted by atomic mass is 9.96. The van der Waals surface area contributed by atoms with Crippen LogP contribution in [0.5, 0.6) is 0 Å². The fraction of sp³-hybridized carbons (Fsp3) is 0.652. The maximum atomic E-state index is 13.1. The van der Waals surface area contributed by atoms with E-state index in [2.05, 4.69) is 66.3 Å². The monoisotopic (exact) mass is 384 g/mol. The van der Waals surface area contributed by atoms with E-state index in [9.17, 15) is 4.79 Å². The van der Waals surface area contributed by atoms with Crippen LogP contribution in [0.2, 0.25) is 0 Å². The summed E-state index contributed by atoms with van der Waals surface area (Å²) in [6.07, 6.45) is 4.16. The third-order valence-electron chi connectivity index (χ3n) is 5.70. The molecule has 2 aromatic rings. The molecule has 1 aliphatic heterocycles. The molecule has 1 aromatic carbocycles. The van der Waals surface area contributed by atoms with E-state index in [1.54, 1.807) is 0 Å². The summed E-state index contributed by atoms with van der Waals surface area (Å²) in [5.74, 6) is 1.60. The first-order valence-electron chi connectivity index (χ1n) is 11.0. The second-order valence-corrected chi connectivity index (χ2v) is 8.38. The summed E-state index contributed by atoms with van der Waals surface area (Å²) in [5.41, 5.74) is 2.27. The third kappa shape index (κ3) is 4.57. The minimum Gasteiger partial charge on any atom is -0.342 e. The molecule has 28 heavy (non-hydrogen) atoms. The zero-order chi connectivity index (χ0) is 20.1. The maximum Gasteiger partial charge on any atom is 0.226 e. The first kappa shape index (κ1) is 20.8. The molecule has 1 aliphatic rings. The summed E-state index contributed by atoms with van der Waals surface area (Å²) < 4.78 is 2.35. The lowest BCUT2D eigenvalue weighted by Crippen LogP contribution is -2.45. The van der Waals surface area contributed by atoms with Gasteiger partial charge in [0.15, 0.2) is 0 Å². The summed E-state index contributed by atoms with van der Waals surface area (Å²) in [5, 5.41) is 0. The van der Waals surface area contributed by atoms with Gasteiger partial charge in [0.25, 0.3) is 0 Å². The fourth-order valence-corrected chi connectivity index (χ4v) is 4.51. The molecule has 154 valence electrons. The molecule has 5 heteroatoms. The van der Waals surface area contributed by atoms with Crippen LogP contribution in [0.1, 0.15) is 65.2 Å². The summed E-state index contributed by atoms with van der Waals surface area (Å²) in [6.45, 7) is 13.2. The van der Waals surface area contributed by atoms with E-state index in [4.69, 9.17) is 4.98 Å². The van der Waals surface area contributed by atoms with Gasteiger partial charge in [-0.15, -0.1) is 0 Å². The largest absolute Gasteiger partial charge is 0.342 e. The Kier molecular flexibility index (Phi) is 7.11. The maximum absolute atomic E-state index is 13.1. The van der Waals surface area contributed by atoms with Crippen LogP contribution in [-0.2, 0) is 11.3 Å². The molecule has 0 radical (unpaired) electrons. The van der Waals surface area contributed by atoms with E-state index >= 15 is 0 Å². The standard InChI is InChI=1S/C23H36N4O/c1-5-13-26(14-6-2)23(28)19-10-9-15-25(16-19)17-22-24-20-11-7-8-12-21(20)27(22)18(3)4/h7-8,11-12,18-19H,5-6,9-10,13-17H2,1-4H3/t19-/m0/s1. The van der Waals surface area contributed by atoms with Gasteiger partial charge >= 0.3 is 0 Å². The van der Waals surface area contributed by atoms with Gasteiger partial charge in [0.2, 0.25) is 5.91 Å². The number of para-hydroxylation sites is 2. The van der Waals surface area contributed by atoms with Crippen LogP contribution >= 0.6 is 0 Å². The van der Waals surface area contributed by atoms with E-state index in [1.807, 2.05) is 0 Å². The molecular weight excluding hydrogens is 348 g/mol. The van der Waals surface area contributed by atoms with Crippen molar-refractivity contribution >= 4 is 16.9 Å². The number of hydrogen-bond donors (Lipinski definition) is 0. The Bertz CT molecular complexity index is 776. The number of aromatic nitrogens is 2. The minimum absolute atomic E-state index is 0.128. The molecule has 0 aliphatic carbocycles. The molecular formula is C23H36N4O. The highest BCUT2D eigenvalue weighted by Crippen LogP contribution is 2.25.